The fourth-order valence-corrected chi connectivity index (χ4v) is 2.56. The molecule has 1 saturated carbocycles. The monoisotopic (exact) mass is 243 g/mol. The molecule has 0 radical (unpaired) electrons. The van der Waals surface area contributed by atoms with Gasteiger partial charge >= 0.3 is 0 Å². The lowest BCUT2D eigenvalue weighted by atomic mass is 9.85. The van der Waals surface area contributed by atoms with Crippen molar-refractivity contribution in [1.82, 2.24) is 5.32 Å². The minimum atomic E-state index is 0.377. The standard InChI is InChI=1S/C14H29NS/c1-13(2)9-6-7-12(8-10-13)15-11-14(3,4)16-5/h12,15H,6-11H2,1-5H3. The molecular weight excluding hydrogens is 214 g/mol. The summed E-state index contributed by atoms with van der Waals surface area (Å²) in [5, 5.41) is 3.77. The summed E-state index contributed by atoms with van der Waals surface area (Å²) in [5.41, 5.74) is 0.575. The Labute approximate surface area is 106 Å². The van der Waals surface area contributed by atoms with E-state index in [-0.39, 0.29) is 0 Å². The van der Waals surface area contributed by atoms with Gasteiger partial charge in [-0.2, -0.15) is 11.8 Å². The highest BCUT2D eigenvalue weighted by Gasteiger charge is 2.25. The van der Waals surface area contributed by atoms with Crippen molar-refractivity contribution in [3.05, 3.63) is 0 Å². The average molecular weight is 243 g/mol. The Morgan fingerprint density at radius 2 is 1.94 bits per heavy atom. The Morgan fingerprint density at radius 3 is 2.56 bits per heavy atom. The zero-order valence-corrected chi connectivity index (χ0v) is 12.5. The number of hydrogen-bond donors (Lipinski definition) is 1. The molecule has 1 fully saturated rings. The van der Waals surface area contributed by atoms with Crippen molar-refractivity contribution in [3.63, 3.8) is 0 Å². The van der Waals surface area contributed by atoms with E-state index in [4.69, 9.17) is 0 Å². The largest absolute Gasteiger partial charge is 0.313 e. The summed E-state index contributed by atoms with van der Waals surface area (Å²) < 4.78 is 0.377. The van der Waals surface area contributed by atoms with Crippen molar-refractivity contribution in [2.45, 2.75) is 70.6 Å². The molecule has 1 rings (SSSR count). The highest BCUT2D eigenvalue weighted by Crippen LogP contribution is 2.34. The van der Waals surface area contributed by atoms with Crippen LogP contribution in [0, 0.1) is 5.41 Å². The van der Waals surface area contributed by atoms with E-state index in [1.54, 1.807) is 0 Å². The Morgan fingerprint density at radius 1 is 1.25 bits per heavy atom. The molecule has 1 nitrogen and oxygen atoms in total. The van der Waals surface area contributed by atoms with Crippen molar-refractivity contribution in [3.8, 4) is 0 Å². The SMILES string of the molecule is CSC(C)(C)CNC1CCCC(C)(C)CC1. The lowest BCUT2D eigenvalue weighted by molar-refractivity contribution is 0.309. The Kier molecular flexibility index (Phi) is 5.18. The van der Waals surface area contributed by atoms with Gasteiger partial charge in [0.1, 0.15) is 0 Å². The van der Waals surface area contributed by atoms with Crippen molar-refractivity contribution >= 4 is 11.8 Å². The average Bonchev–Trinajstić information content (AvgIpc) is 2.37. The van der Waals surface area contributed by atoms with Crippen molar-refractivity contribution < 1.29 is 0 Å². The van der Waals surface area contributed by atoms with Crippen LogP contribution in [0.1, 0.15) is 59.8 Å². The third kappa shape index (κ3) is 5.09. The lowest BCUT2D eigenvalue weighted by Gasteiger charge is -2.27. The molecule has 0 spiro atoms. The highest BCUT2D eigenvalue weighted by atomic mass is 32.2. The van der Waals surface area contributed by atoms with Crippen LogP contribution in [0.4, 0.5) is 0 Å². The second-order valence-corrected chi connectivity index (χ2v) is 8.15. The van der Waals surface area contributed by atoms with Crippen LogP contribution in [0.15, 0.2) is 0 Å². The number of hydrogen-bond acceptors (Lipinski definition) is 2. The van der Waals surface area contributed by atoms with Crippen molar-refractivity contribution in [2.24, 2.45) is 5.41 Å². The van der Waals surface area contributed by atoms with Crippen LogP contribution in [0.3, 0.4) is 0 Å². The van der Waals surface area contributed by atoms with Crippen molar-refractivity contribution in [2.75, 3.05) is 12.8 Å². The molecule has 1 atom stereocenters. The van der Waals surface area contributed by atoms with Crippen LogP contribution in [-0.4, -0.2) is 23.6 Å². The van der Waals surface area contributed by atoms with Crippen LogP contribution in [-0.2, 0) is 0 Å². The number of thioether (sulfide) groups is 1. The van der Waals surface area contributed by atoms with E-state index in [1.807, 2.05) is 11.8 Å². The summed E-state index contributed by atoms with van der Waals surface area (Å²) in [4.78, 5) is 0. The topological polar surface area (TPSA) is 12.0 Å². The van der Waals surface area contributed by atoms with Gasteiger partial charge in [-0.25, -0.2) is 0 Å². The van der Waals surface area contributed by atoms with Gasteiger partial charge in [0.25, 0.3) is 0 Å². The molecule has 0 bridgehead atoms. The maximum Gasteiger partial charge on any atom is 0.0225 e. The van der Waals surface area contributed by atoms with Gasteiger partial charge < -0.3 is 5.32 Å². The zero-order valence-electron chi connectivity index (χ0n) is 11.7. The van der Waals surface area contributed by atoms with Gasteiger partial charge in [-0.15, -0.1) is 0 Å². The molecule has 0 aromatic heterocycles. The van der Waals surface area contributed by atoms with Gasteiger partial charge in [0, 0.05) is 17.3 Å². The van der Waals surface area contributed by atoms with Gasteiger partial charge in [-0.1, -0.05) is 20.3 Å². The van der Waals surface area contributed by atoms with Crippen LogP contribution in [0.5, 0.6) is 0 Å². The molecule has 0 amide bonds. The summed E-state index contributed by atoms with van der Waals surface area (Å²) in [6, 6.07) is 0.758. The summed E-state index contributed by atoms with van der Waals surface area (Å²) in [5.74, 6) is 0. The van der Waals surface area contributed by atoms with Crippen LogP contribution in [0.25, 0.3) is 0 Å². The third-order valence-corrected chi connectivity index (χ3v) is 5.19. The second-order valence-electron chi connectivity index (χ2n) is 6.64. The van der Waals surface area contributed by atoms with Crippen molar-refractivity contribution in [1.29, 1.82) is 0 Å². The van der Waals surface area contributed by atoms with E-state index >= 15 is 0 Å². The number of rotatable bonds is 4. The Balaban J connectivity index is 2.33. The normalized spacial score (nSPS) is 26.4. The van der Waals surface area contributed by atoms with Crippen LogP contribution in [0.2, 0.25) is 0 Å². The predicted octanol–water partition coefficient (Wildman–Crippen LogP) is 4.08. The minimum absolute atomic E-state index is 0.377. The van der Waals surface area contributed by atoms with E-state index in [2.05, 4.69) is 39.3 Å². The zero-order chi connectivity index (χ0) is 12.2. The van der Waals surface area contributed by atoms with Gasteiger partial charge in [-0.3, -0.25) is 0 Å². The molecule has 96 valence electrons. The van der Waals surface area contributed by atoms with Gasteiger partial charge in [0.15, 0.2) is 0 Å². The quantitative estimate of drug-likeness (QED) is 0.747. The summed E-state index contributed by atoms with van der Waals surface area (Å²) in [6.07, 6.45) is 9.11. The first-order valence-electron chi connectivity index (χ1n) is 6.63. The van der Waals surface area contributed by atoms with Gasteiger partial charge in [0.05, 0.1) is 0 Å². The van der Waals surface area contributed by atoms with Crippen LogP contribution >= 0.6 is 11.8 Å². The van der Waals surface area contributed by atoms with Gasteiger partial charge in [-0.05, 0) is 51.2 Å². The highest BCUT2D eigenvalue weighted by molar-refractivity contribution is 7.99. The van der Waals surface area contributed by atoms with E-state index in [9.17, 15) is 0 Å². The summed E-state index contributed by atoms with van der Waals surface area (Å²) in [7, 11) is 0. The van der Waals surface area contributed by atoms with E-state index in [0.717, 1.165) is 12.6 Å². The minimum Gasteiger partial charge on any atom is -0.313 e. The molecule has 1 N–H and O–H groups in total. The Bertz CT molecular complexity index is 211. The van der Waals surface area contributed by atoms with E-state index < -0.39 is 0 Å². The molecular formula is C14H29NS. The maximum atomic E-state index is 3.77. The van der Waals surface area contributed by atoms with E-state index in [1.165, 1.54) is 32.1 Å². The first-order chi connectivity index (χ1) is 7.35. The summed E-state index contributed by atoms with van der Waals surface area (Å²) >= 11 is 1.96. The first kappa shape index (κ1) is 14.4. The van der Waals surface area contributed by atoms with Crippen LogP contribution < -0.4 is 5.32 Å². The molecule has 1 aliphatic carbocycles. The molecule has 0 heterocycles. The first-order valence-corrected chi connectivity index (χ1v) is 7.86. The molecule has 16 heavy (non-hydrogen) atoms. The molecule has 1 unspecified atom stereocenters. The fraction of sp³-hybridized carbons (Fsp3) is 1.00. The molecule has 1 aliphatic rings. The molecule has 0 aromatic rings. The van der Waals surface area contributed by atoms with Gasteiger partial charge in [0.2, 0.25) is 0 Å². The molecule has 0 saturated heterocycles. The Hall–Kier alpha value is 0.310. The fourth-order valence-electron chi connectivity index (χ4n) is 2.33. The summed E-state index contributed by atoms with van der Waals surface area (Å²) in [6.45, 7) is 10.6. The second kappa shape index (κ2) is 5.77. The maximum absolute atomic E-state index is 3.77. The van der Waals surface area contributed by atoms with E-state index in [0.29, 0.717) is 10.2 Å². The predicted molar refractivity (Wildman–Crippen MR) is 76.3 cm³/mol. The molecule has 2 heteroatoms. The molecule has 0 aromatic carbocycles. The molecule has 0 aliphatic heterocycles. The lowest BCUT2D eigenvalue weighted by Crippen LogP contribution is -2.38. The third-order valence-electron chi connectivity index (χ3n) is 3.94. The number of nitrogens with one attached hydrogen (secondary N) is 1. The smallest absolute Gasteiger partial charge is 0.0225 e.